The number of nitrogens with one attached hydrogen (secondary N) is 2. The number of pyridine rings is 1. The van der Waals surface area contributed by atoms with Crippen molar-refractivity contribution in [2.45, 2.75) is 32.7 Å². The summed E-state index contributed by atoms with van der Waals surface area (Å²) in [5.41, 5.74) is 1.26. The van der Waals surface area contributed by atoms with E-state index in [0.29, 0.717) is 16.7 Å². The number of fused-ring (bicyclic) bond motifs is 1. The van der Waals surface area contributed by atoms with Crippen molar-refractivity contribution >= 4 is 34.0 Å². The zero-order valence-electron chi connectivity index (χ0n) is 16.9. The van der Waals surface area contributed by atoms with E-state index in [-0.39, 0.29) is 12.1 Å². The van der Waals surface area contributed by atoms with Crippen molar-refractivity contribution in [2.75, 3.05) is 10.6 Å². The van der Waals surface area contributed by atoms with Crippen LogP contribution in [0.5, 0.6) is 0 Å². The van der Waals surface area contributed by atoms with Crippen molar-refractivity contribution < 1.29 is 14.0 Å². The van der Waals surface area contributed by atoms with E-state index in [4.69, 9.17) is 0 Å². The molecule has 1 aliphatic carbocycles. The maximum Gasteiger partial charge on any atom is 0.257 e. The number of amides is 2. The number of rotatable bonds is 5. The summed E-state index contributed by atoms with van der Waals surface area (Å²) in [6.07, 6.45) is 4.29. The molecule has 1 aliphatic rings. The van der Waals surface area contributed by atoms with Crippen molar-refractivity contribution in [1.82, 2.24) is 9.55 Å². The predicted octanol–water partition coefficient (Wildman–Crippen LogP) is 3.46. The van der Waals surface area contributed by atoms with Gasteiger partial charge in [0.25, 0.3) is 11.5 Å². The molecule has 3 aromatic rings. The van der Waals surface area contributed by atoms with Gasteiger partial charge in [-0.1, -0.05) is 6.92 Å². The Bertz CT molecular complexity index is 1190. The maximum absolute atomic E-state index is 13.0. The number of benzene rings is 1. The molecule has 9 heteroatoms. The average molecular weight is 441 g/mol. The Morgan fingerprint density at radius 2 is 1.97 bits per heavy atom. The van der Waals surface area contributed by atoms with E-state index in [1.807, 2.05) is 0 Å². The number of aryl methyl sites for hydroxylation is 1. The molecule has 160 valence electrons. The van der Waals surface area contributed by atoms with Crippen LogP contribution in [-0.2, 0) is 24.2 Å². The lowest BCUT2D eigenvalue weighted by Crippen LogP contribution is -2.28. The molecule has 0 fully saturated rings. The van der Waals surface area contributed by atoms with E-state index in [1.165, 1.54) is 63.4 Å². The summed E-state index contributed by atoms with van der Waals surface area (Å²) in [7, 11) is 0. The van der Waals surface area contributed by atoms with E-state index < -0.39 is 23.2 Å². The highest BCUT2D eigenvalue weighted by Gasteiger charge is 2.20. The van der Waals surface area contributed by atoms with Crippen LogP contribution >= 0.6 is 11.3 Å². The lowest BCUT2D eigenvalue weighted by molar-refractivity contribution is -0.116. The molecule has 0 aliphatic heterocycles. The molecular formula is C22H21FN4O3S. The van der Waals surface area contributed by atoms with Crippen LogP contribution in [0.3, 0.4) is 0 Å². The Kier molecular flexibility index (Phi) is 5.94. The summed E-state index contributed by atoms with van der Waals surface area (Å²) in [5, 5.41) is 5.91. The smallest absolute Gasteiger partial charge is 0.257 e. The Labute approximate surface area is 181 Å². The Balaban J connectivity index is 1.43. The van der Waals surface area contributed by atoms with Gasteiger partial charge in [0.15, 0.2) is 5.13 Å². The SMILES string of the molecule is CC1CCc2nc(NC(=O)Cn3cc(C(=O)Nc4ccc(F)cc4)ccc3=O)sc2C1. The molecule has 0 spiro atoms. The summed E-state index contributed by atoms with van der Waals surface area (Å²) < 4.78 is 14.2. The molecular weight excluding hydrogens is 419 g/mol. The Morgan fingerprint density at radius 1 is 1.19 bits per heavy atom. The van der Waals surface area contributed by atoms with Crippen LogP contribution < -0.4 is 16.2 Å². The molecule has 2 heterocycles. The molecule has 1 atom stereocenters. The predicted molar refractivity (Wildman–Crippen MR) is 117 cm³/mol. The monoisotopic (exact) mass is 440 g/mol. The fourth-order valence-corrected chi connectivity index (χ4v) is 4.62. The number of halogens is 1. The van der Waals surface area contributed by atoms with Crippen molar-refractivity contribution in [3.05, 3.63) is 74.9 Å². The molecule has 2 amide bonds. The largest absolute Gasteiger partial charge is 0.322 e. The van der Waals surface area contributed by atoms with Gasteiger partial charge in [-0.05, 0) is 55.5 Å². The standard InChI is InChI=1S/C22H21FN4O3S/c1-13-2-8-17-18(10-13)31-22(25-17)26-19(28)12-27-11-14(3-9-20(27)29)21(30)24-16-6-4-15(23)5-7-16/h3-7,9,11,13H,2,8,10,12H2,1H3,(H,24,30)(H,25,26,28). The topological polar surface area (TPSA) is 93.1 Å². The zero-order valence-corrected chi connectivity index (χ0v) is 17.7. The van der Waals surface area contributed by atoms with Gasteiger partial charge in [0, 0.05) is 22.8 Å². The van der Waals surface area contributed by atoms with Gasteiger partial charge >= 0.3 is 0 Å². The van der Waals surface area contributed by atoms with Crippen LogP contribution in [-0.4, -0.2) is 21.4 Å². The van der Waals surface area contributed by atoms with Crippen molar-refractivity contribution in [3.8, 4) is 0 Å². The summed E-state index contributed by atoms with van der Waals surface area (Å²) in [6.45, 7) is 1.96. The van der Waals surface area contributed by atoms with Gasteiger partial charge in [-0.25, -0.2) is 9.37 Å². The highest BCUT2D eigenvalue weighted by molar-refractivity contribution is 7.15. The third-order valence-corrected chi connectivity index (χ3v) is 6.13. The van der Waals surface area contributed by atoms with Crippen LogP contribution in [0.1, 0.15) is 34.3 Å². The fourth-order valence-electron chi connectivity index (χ4n) is 3.43. The lowest BCUT2D eigenvalue weighted by Gasteiger charge is -2.15. The van der Waals surface area contributed by atoms with Gasteiger partial charge in [-0.2, -0.15) is 0 Å². The van der Waals surface area contributed by atoms with E-state index in [1.54, 1.807) is 0 Å². The summed E-state index contributed by atoms with van der Waals surface area (Å²) in [6, 6.07) is 7.95. The van der Waals surface area contributed by atoms with Crippen molar-refractivity contribution in [2.24, 2.45) is 5.92 Å². The first kappa shape index (κ1) is 20.9. The molecule has 2 N–H and O–H groups in total. The zero-order chi connectivity index (χ0) is 22.0. The molecule has 0 saturated heterocycles. The number of nitrogens with zero attached hydrogens (tertiary/aromatic N) is 2. The van der Waals surface area contributed by atoms with Crippen molar-refractivity contribution in [3.63, 3.8) is 0 Å². The molecule has 7 nitrogen and oxygen atoms in total. The second kappa shape index (κ2) is 8.81. The maximum atomic E-state index is 13.0. The second-order valence-electron chi connectivity index (χ2n) is 7.63. The van der Waals surface area contributed by atoms with Crippen LogP contribution in [0.25, 0.3) is 0 Å². The molecule has 2 aromatic heterocycles. The quantitative estimate of drug-likeness (QED) is 0.636. The molecule has 0 radical (unpaired) electrons. The molecule has 4 rings (SSSR count). The van der Waals surface area contributed by atoms with Gasteiger partial charge < -0.3 is 15.2 Å². The first-order valence-corrected chi connectivity index (χ1v) is 10.7. The number of carbonyl (C=O) groups is 2. The minimum atomic E-state index is -0.470. The number of hydrogen-bond acceptors (Lipinski definition) is 5. The average Bonchev–Trinajstić information content (AvgIpc) is 3.12. The highest BCUT2D eigenvalue weighted by atomic mass is 32.1. The molecule has 0 bridgehead atoms. The number of hydrogen-bond donors (Lipinski definition) is 2. The summed E-state index contributed by atoms with van der Waals surface area (Å²) in [5.74, 6) is -0.660. The van der Waals surface area contributed by atoms with Crippen LogP contribution in [0.15, 0.2) is 47.4 Å². The van der Waals surface area contributed by atoms with Gasteiger partial charge in [0.05, 0.1) is 11.3 Å². The minimum Gasteiger partial charge on any atom is -0.322 e. The number of thiazole rings is 1. The second-order valence-corrected chi connectivity index (χ2v) is 8.71. The summed E-state index contributed by atoms with van der Waals surface area (Å²) >= 11 is 1.47. The first-order chi connectivity index (χ1) is 14.9. The Morgan fingerprint density at radius 3 is 2.74 bits per heavy atom. The van der Waals surface area contributed by atoms with Crippen LogP contribution in [0, 0.1) is 11.7 Å². The van der Waals surface area contributed by atoms with E-state index >= 15 is 0 Å². The highest BCUT2D eigenvalue weighted by Crippen LogP contribution is 2.32. The molecule has 1 aromatic carbocycles. The number of carbonyl (C=O) groups excluding carboxylic acids is 2. The fraction of sp³-hybridized carbons (Fsp3) is 0.273. The molecule has 31 heavy (non-hydrogen) atoms. The third-order valence-electron chi connectivity index (χ3n) is 5.09. The van der Waals surface area contributed by atoms with Gasteiger partial charge in [0.2, 0.25) is 5.91 Å². The van der Waals surface area contributed by atoms with Gasteiger partial charge in [-0.3, -0.25) is 14.4 Å². The molecule has 1 unspecified atom stereocenters. The lowest BCUT2D eigenvalue weighted by atomic mass is 9.93. The summed E-state index contributed by atoms with van der Waals surface area (Å²) in [4.78, 5) is 42.8. The normalized spacial score (nSPS) is 15.2. The van der Waals surface area contributed by atoms with E-state index in [9.17, 15) is 18.8 Å². The van der Waals surface area contributed by atoms with Crippen LogP contribution in [0.2, 0.25) is 0 Å². The first-order valence-electron chi connectivity index (χ1n) is 9.93. The minimum absolute atomic E-state index is 0.204. The third kappa shape index (κ3) is 5.05. The molecule has 0 saturated carbocycles. The number of anilines is 2. The van der Waals surface area contributed by atoms with Crippen molar-refractivity contribution in [1.29, 1.82) is 0 Å². The number of aromatic nitrogens is 2. The van der Waals surface area contributed by atoms with E-state index in [2.05, 4.69) is 22.5 Å². The van der Waals surface area contributed by atoms with Gasteiger partial charge in [0.1, 0.15) is 12.4 Å². The van der Waals surface area contributed by atoms with Crippen LogP contribution in [0.4, 0.5) is 15.2 Å². The Hall–Kier alpha value is -3.33. The van der Waals surface area contributed by atoms with Gasteiger partial charge in [-0.15, -0.1) is 11.3 Å². The van der Waals surface area contributed by atoms with E-state index in [0.717, 1.165) is 25.0 Å².